The Bertz CT molecular complexity index is 536. The fourth-order valence-corrected chi connectivity index (χ4v) is 1.17. The van der Waals surface area contributed by atoms with Gasteiger partial charge in [-0.2, -0.15) is 0 Å². The molecule has 0 aliphatic heterocycles. The Labute approximate surface area is 110 Å². The van der Waals surface area contributed by atoms with E-state index in [0.717, 1.165) is 24.3 Å². The van der Waals surface area contributed by atoms with Crippen LogP contribution in [0.1, 0.15) is 0 Å². The van der Waals surface area contributed by atoms with Gasteiger partial charge in [-0.25, -0.2) is 9.59 Å². The Morgan fingerprint density at radius 2 is 1.70 bits per heavy atom. The summed E-state index contributed by atoms with van der Waals surface area (Å²) in [5, 5.41) is 19.4. The summed E-state index contributed by atoms with van der Waals surface area (Å²) in [6, 6.07) is 4.13. The number of carboxylic acid groups (broad SMARTS) is 2. The van der Waals surface area contributed by atoms with Gasteiger partial charge in [-0.1, -0.05) is 0 Å². The van der Waals surface area contributed by atoms with Crippen LogP contribution in [0.25, 0.3) is 0 Å². The second-order valence-electron chi connectivity index (χ2n) is 3.40. The quantitative estimate of drug-likeness (QED) is 0.718. The Hall–Kier alpha value is -2.71. The number of rotatable bonds is 5. The van der Waals surface area contributed by atoms with Crippen LogP contribution in [0.2, 0.25) is 0 Å². The molecule has 0 radical (unpaired) electrons. The van der Waals surface area contributed by atoms with Crippen molar-refractivity contribution in [3.8, 4) is 5.75 Å². The number of halogens is 3. The smallest absolute Gasteiger partial charge is 0.478 e. The zero-order valence-electron chi connectivity index (χ0n) is 9.64. The van der Waals surface area contributed by atoms with Crippen molar-refractivity contribution in [2.45, 2.75) is 6.36 Å². The highest BCUT2D eigenvalue weighted by atomic mass is 19.4. The van der Waals surface area contributed by atoms with E-state index in [2.05, 4.69) is 10.1 Å². The number of ether oxygens (including phenoxy) is 1. The van der Waals surface area contributed by atoms with E-state index in [-0.39, 0.29) is 5.69 Å². The molecule has 6 nitrogen and oxygen atoms in total. The SMILES string of the molecule is O=C(O)C=C(Nc1ccc(OC(F)(F)F)cc1)C(=O)O. The minimum Gasteiger partial charge on any atom is -0.478 e. The van der Waals surface area contributed by atoms with Gasteiger partial charge in [-0.3, -0.25) is 0 Å². The summed E-state index contributed by atoms with van der Waals surface area (Å²) in [6.45, 7) is 0. The Morgan fingerprint density at radius 1 is 1.15 bits per heavy atom. The molecule has 1 aromatic rings. The third kappa shape index (κ3) is 5.29. The third-order valence-corrected chi connectivity index (χ3v) is 1.87. The average molecular weight is 291 g/mol. The van der Waals surface area contributed by atoms with Crippen molar-refractivity contribution in [3.05, 3.63) is 36.0 Å². The molecule has 0 saturated heterocycles. The van der Waals surface area contributed by atoms with E-state index in [1.807, 2.05) is 0 Å². The molecule has 0 saturated carbocycles. The monoisotopic (exact) mass is 291 g/mol. The fourth-order valence-electron chi connectivity index (χ4n) is 1.17. The van der Waals surface area contributed by atoms with E-state index in [4.69, 9.17) is 10.2 Å². The van der Waals surface area contributed by atoms with Crippen molar-refractivity contribution < 1.29 is 37.7 Å². The van der Waals surface area contributed by atoms with Gasteiger partial charge in [0.05, 0.1) is 6.08 Å². The highest BCUT2D eigenvalue weighted by Crippen LogP contribution is 2.24. The molecule has 0 aliphatic rings. The molecule has 0 bridgehead atoms. The second-order valence-corrected chi connectivity index (χ2v) is 3.40. The zero-order chi connectivity index (χ0) is 15.3. The van der Waals surface area contributed by atoms with E-state index in [1.54, 1.807) is 0 Å². The van der Waals surface area contributed by atoms with Gasteiger partial charge < -0.3 is 20.3 Å². The van der Waals surface area contributed by atoms with Crippen LogP contribution in [0.15, 0.2) is 36.0 Å². The Balaban J connectivity index is 2.83. The number of aliphatic carboxylic acids is 2. The number of anilines is 1. The topological polar surface area (TPSA) is 95.9 Å². The van der Waals surface area contributed by atoms with E-state index < -0.39 is 29.7 Å². The largest absolute Gasteiger partial charge is 0.573 e. The van der Waals surface area contributed by atoms with Crippen LogP contribution in [-0.2, 0) is 9.59 Å². The average Bonchev–Trinajstić information content (AvgIpc) is 2.28. The van der Waals surface area contributed by atoms with Crippen LogP contribution in [0, 0.1) is 0 Å². The van der Waals surface area contributed by atoms with Crippen LogP contribution in [-0.4, -0.2) is 28.5 Å². The van der Waals surface area contributed by atoms with Gasteiger partial charge in [0, 0.05) is 5.69 Å². The molecular formula is C11H8F3NO5. The predicted octanol–water partition coefficient (Wildman–Crippen LogP) is 2.05. The Kier molecular flexibility index (Phi) is 4.57. The van der Waals surface area contributed by atoms with E-state index >= 15 is 0 Å². The van der Waals surface area contributed by atoms with Gasteiger partial charge in [0.2, 0.25) is 0 Å². The number of benzene rings is 1. The van der Waals surface area contributed by atoms with Crippen LogP contribution >= 0.6 is 0 Å². The van der Waals surface area contributed by atoms with Gasteiger partial charge in [0.1, 0.15) is 11.4 Å². The first-order chi connectivity index (χ1) is 9.17. The van der Waals surface area contributed by atoms with Crippen molar-refractivity contribution in [1.82, 2.24) is 0 Å². The molecule has 0 unspecified atom stereocenters. The second kappa shape index (κ2) is 5.95. The molecule has 0 amide bonds. The maximum atomic E-state index is 11.9. The lowest BCUT2D eigenvalue weighted by molar-refractivity contribution is -0.274. The number of hydrogen-bond donors (Lipinski definition) is 3. The van der Waals surface area contributed by atoms with Crippen molar-refractivity contribution >= 4 is 17.6 Å². The van der Waals surface area contributed by atoms with Gasteiger partial charge in [0.25, 0.3) is 0 Å². The van der Waals surface area contributed by atoms with Crippen molar-refractivity contribution in [3.63, 3.8) is 0 Å². The van der Waals surface area contributed by atoms with Crippen molar-refractivity contribution in [2.24, 2.45) is 0 Å². The Morgan fingerprint density at radius 3 is 2.10 bits per heavy atom. The number of hydrogen-bond acceptors (Lipinski definition) is 4. The standard InChI is InChI=1S/C11H8F3NO5/c12-11(13,14)20-7-3-1-6(2-4-7)15-8(10(18)19)5-9(16)17/h1-5,15H,(H,16,17)(H,18,19). The van der Waals surface area contributed by atoms with Crippen LogP contribution in [0.3, 0.4) is 0 Å². The molecule has 9 heteroatoms. The molecular weight excluding hydrogens is 283 g/mol. The summed E-state index contributed by atoms with van der Waals surface area (Å²) in [4.78, 5) is 21.1. The molecule has 20 heavy (non-hydrogen) atoms. The molecule has 1 aromatic carbocycles. The minimum atomic E-state index is -4.83. The van der Waals surface area contributed by atoms with Crippen molar-refractivity contribution in [1.29, 1.82) is 0 Å². The maximum absolute atomic E-state index is 11.9. The lowest BCUT2D eigenvalue weighted by Gasteiger charge is -2.10. The summed E-state index contributed by atoms with van der Waals surface area (Å²) >= 11 is 0. The van der Waals surface area contributed by atoms with Crippen molar-refractivity contribution in [2.75, 3.05) is 5.32 Å². The van der Waals surface area contributed by atoms with Gasteiger partial charge in [0.15, 0.2) is 0 Å². The first-order valence-corrected chi connectivity index (χ1v) is 4.98. The normalized spacial score (nSPS) is 11.8. The molecule has 108 valence electrons. The van der Waals surface area contributed by atoms with Crippen LogP contribution < -0.4 is 10.1 Å². The molecule has 0 fully saturated rings. The lowest BCUT2D eigenvalue weighted by Crippen LogP contribution is -2.17. The van der Waals surface area contributed by atoms with E-state index in [1.165, 1.54) is 0 Å². The third-order valence-electron chi connectivity index (χ3n) is 1.87. The zero-order valence-corrected chi connectivity index (χ0v) is 9.64. The maximum Gasteiger partial charge on any atom is 0.573 e. The summed E-state index contributed by atoms with van der Waals surface area (Å²) in [5.74, 6) is -3.49. The first kappa shape index (κ1) is 15.3. The summed E-state index contributed by atoms with van der Waals surface area (Å²) in [6.07, 6.45) is -4.41. The minimum absolute atomic E-state index is 0.0921. The molecule has 0 aromatic heterocycles. The van der Waals surface area contributed by atoms with Gasteiger partial charge >= 0.3 is 18.3 Å². The number of carboxylic acids is 2. The predicted molar refractivity (Wildman–Crippen MR) is 60.1 cm³/mol. The number of carbonyl (C=O) groups is 2. The lowest BCUT2D eigenvalue weighted by atomic mass is 10.3. The van der Waals surface area contributed by atoms with Crippen LogP contribution in [0.5, 0.6) is 5.75 Å². The summed E-state index contributed by atoms with van der Waals surface area (Å²) in [5.41, 5.74) is -0.545. The first-order valence-electron chi connectivity index (χ1n) is 4.98. The van der Waals surface area contributed by atoms with E-state index in [9.17, 15) is 22.8 Å². The molecule has 0 atom stereocenters. The number of nitrogens with one attached hydrogen (secondary N) is 1. The van der Waals surface area contributed by atoms with E-state index in [0.29, 0.717) is 6.08 Å². The molecule has 0 heterocycles. The molecule has 3 N–H and O–H groups in total. The summed E-state index contributed by atoms with van der Waals surface area (Å²) in [7, 11) is 0. The summed E-state index contributed by atoms with van der Waals surface area (Å²) < 4.78 is 39.4. The molecule has 1 rings (SSSR count). The molecule has 0 spiro atoms. The fraction of sp³-hybridized carbons (Fsp3) is 0.0909. The van der Waals surface area contributed by atoms with Gasteiger partial charge in [-0.15, -0.1) is 13.2 Å². The van der Waals surface area contributed by atoms with Gasteiger partial charge in [-0.05, 0) is 24.3 Å². The highest BCUT2D eigenvalue weighted by Gasteiger charge is 2.30. The highest BCUT2D eigenvalue weighted by molar-refractivity contribution is 5.97. The number of alkyl halides is 3. The van der Waals surface area contributed by atoms with Crippen LogP contribution in [0.4, 0.5) is 18.9 Å². The molecule has 0 aliphatic carbocycles.